The van der Waals surface area contributed by atoms with Gasteiger partial charge in [0.2, 0.25) is 0 Å². The minimum Gasteiger partial charge on any atom is -0.490 e. The lowest BCUT2D eigenvalue weighted by atomic mass is 10.1. The van der Waals surface area contributed by atoms with Gasteiger partial charge in [-0.2, -0.15) is 0 Å². The van der Waals surface area contributed by atoms with Crippen LogP contribution in [0.5, 0.6) is 5.75 Å². The Morgan fingerprint density at radius 2 is 1.90 bits per heavy atom. The zero-order valence-electron chi connectivity index (χ0n) is 11.8. The van der Waals surface area contributed by atoms with E-state index in [-0.39, 0.29) is 0 Å². The van der Waals surface area contributed by atoms with Gasteiger partial charge in [-0.1, -0.05) is 0 Å². The summed E-state index contributed by atoms with van der Waals surface area (Å²) in [5.41, 5.74) is 5.81. The number of ether oxygens (including phenoxy) is 2. The van der Waals surface area contributed by atoms with Crippen LogP contribution in [0.15, 0.2) is 39.2 Å². The van der Waals surface area contributed by atoms with Gasteiger partial charge in [-0.25, -0.2) is 0 Å². The van der Waals surface area contributed by atoms with E-state index >= 15 is 0 Å². The van der Waals surface area contributed by atoms with Crippen molar-refractivity contribution in [2.45, 2.75) is 20.0 Å². The molecule has 108 valence electrons. The van der Waals surface area contributed by atoms with E-state index in [1.165, 1.54) is 0 Å². The van der Waals surface area contributed by atoms with Gasteiger partial charge in [0.15, 0.2) is 11.3 Å². The second kappa shape index (κ2) is 4.97. The number of rotatable bonds is 7. The Balaban J connectivity index is 1.35. The summed E-state index contributed by atoms with van der Waals surface area (Å²) < 4.78 is 22.4. The van der Waals surface area contributed by atoms with Crippen molar-refractivity contribution in [3.63, 3.8) is 0 Å². The molecule has 0 atom stereocenters. The van der Waals surface area contributed by atoms with E-state index in [2.05, 4.69) is 6.07 Å². The quantitative estimate of drug-likeness (QED) is 0.477. The summed E-state index contributed by atoms with van der Waals surface area (Å²) in [7, 11) is 0. The number of benzene rings is 2. The third-order valence-electron chi connectivity index (χ3n) is 3.66. The maximum atomic E-state index is 5.74. The van der Waals surface area contributed by atoms with Crippen LogP contribution in [0, 0.1) is 0 Å². The van der Waals surface area contributed by atoms with E-state index in [1.54, 1.807) is 0 Å². The van der Waals surface area contributed by atoms with Crippen LogP contribution in [0.4, 0.5) is 0 Å². The molecule has 4 aromatic rings. The van der Waals surface area contributed by atoms with Gasteiger partial charge in [0, 0.05) is 17.2 Å². The minimum atomic E-state index is 0.581. The molecule has 0 amide bonds. The molecule has 0 radical (unpaired) electrons. The standard InChI is InChI=1S/C17H16O4/c1-2-19-16-9-14-7-11(17(16)21-14)5-6-18-10-12-8-13-3-4-15(12)20-13/h3-4,7-9H,2,5-6,10H2,1H3. The molecule has 4 heterocycles. The van der Waals surface area contributed by atoms with Crippen molar-refractivity contribution in [2.24, 2.45) is 0 Å². The molecule has 4 aromatic heterocycles. The van der Waals surface area contributed by atoms with Gasteiger partial charge >= 0.3 is 0 Å². The molecule has 0 aromatic carbocycles. The van der Waals surface area contributed by atoms with Gasteiger partial charge in [0.05, 0.1) is 19.8 Å². The summed E-state index contributed by atoms with van der Waals surface area (Å²) in [5, 5.41) is 0. The van der Waals surface area contributed by atoms with Crippen LogP contribution < -0.4 is 4.74 Å². The predicted molar refractivity (Wildman–Crippen MR) is 79.3 cm³/mol. The van der Waals surface area contributed by atoms with E-state index in [9.17, 15) is 0 Å². The summed E-state index contributed by atoms with van der Waals surface area (Å²) in [6.07, 6.45) is 0.819. The minimum absolute atomic E-state index is 0.581. The van der Waals surface area contributed by atoms with Crippen molar-refractivity contribution in [3.8, 4) is 5.75 Å². The third kappa shape index (κ3) is 2.21. The zero-order valence-corrected chi connectivity index (χ0v) is 11.8. The molecule has 0 unspecified atom stereocenters. The molecular formula is C17H16O4. The Bertz CT molecular complexity index is 826. The lowest BCUT2D eigenvalue weighted by Gasteiger charge is -2.04. The van der Waals surface area contributed by atoms with Crippen LogP contribution in [-0.4, -0.2) is 13.2 Å². The SMILES string of the molecule is CCOc1cc2cc(CCOCc3cc4ccc3o4)c1o2. The summed E-state index contributed by atoms with van der Waals surface area (Å²) in [6.45, 7) is 3.85. The van der Waals surface area contributed by atoms with Crippen LogP contribution in [-0.2, 0) is 17.8 Å². The topological polar surface area (TPSA) is 44.7 Å². The number of hydrogen-bond acceptors (Lipinski definition) is 4. The van der Waals surface area contributed by atoms with Gasteiger partial charge in [0.25, 0.3) is 0 Å². The maximum absolute atomic E-state index is 5.74. The molecule has 0 aliphatic carbocycles. The first-order valence-electron chi connectivity index (χ1n) is 7.19. The first-order valence-corrected chi connectivity index (χ1v) is 7.19. The zero-order chi connectivity index (χ0) is 14.2. The molecule has 4 bridgehead atoms. The van der Waals surface area contributed by atoms with Crippen LogP contribution in [0.25, 0.3) is 22.3 Å². The predicted octanol–water partition coefficient (Wildman–Crippen LogP) is 4.21. The molecular weight excluding hydrogens is 268 g/mol. The molecule has 21 heavy (non-hydrogen) atoms. The Hall–Kier alpha value is -2.20. The van der Waals surface area contributed by atoms with Gasteiger partial charge in [-0.05, 0) is 37.6 Å². The highest BCUT2D eigenvalue weighted by molar-refractivity contribution is 5.74. The van der Waals surface area contributed by atoms with Gasteiger partial charge in [-0.3, -0.25) is 0 Å². The summed E-state index contributed by atoms with van der Waals surface area (Å²) in [5.74, 6) is 0.839. The maximum Gasteiger partial charge on any atom is 0.172 e. The molecule has 0 N–H and O–H groups in total. The van der Waals surface area contributed by atoms with Crippen LogP contribution in [0.2, 0.25) is 0 Å². The van der Waals surface area contributed by atoms with E-state index in [0.717, 1.165) is 45.6 Å². The van der Waals surface area contributed by atoms with Gasteiger partial charge in [-0.15, -0.1) is 0 Å². The summed E-state index contributed by atoms with van der Waals surface area (Å²) in [4.78, 5) is 0. The third-order valence-corrected chi connectivity index (χ3v) is 3.66. The molecule has 4 rings (SSSR count). The van der Waals surface area contributed by atoms with Crippen molar-refractivity contribution in [2.75, 3.05) is 13.2 Å². The molecule has 0 saturated carbocycles. The van der Waals surface area contributed by atoms with Gasteiger partial charge in [0.1, 0.15) is 16.7 Å². The molecule has 0 aliphatic rings. The van der Waals surface area contributed by atoms with Crippen molar-refractivity contribution in [1.82, 2.24) is 0 Å². The fourth-order valence-electron chi connectivity index (χ4n) is 2.70. The molecule has 0 spiro atoms. The Morgan fingerprint density at radius 1 is 1.00 bits per heavy atom. The highest BCUT2D eigenvalue weighted by Crippen LogP contribution is 2.33. The number of fused-ring (bicyclic) bond motifs is 4. The second-order valence-electron chi connectivity index (χ2n) is 5.12. The smallest absolute Gasteiger partial charge is 0.172 e. The monoisotopic (exact) mass is 284 g/mol. The fraction of sp³-hybridized carbons (Fsp3) is 0.294. The van der Waals surface area contributed by atoms with E-state index in [4.69, 9.17) is 18.3 Å². The van der Waals surface area contributed by atoms with E-state index < -0.39 is 0 Å². The largest absolute Gasteiger partial charge is 0.490 e. The van der Waals surface area contributed by atoms with Crippen molar-refractivity contribution in [3.05, 3.63) is 41.5 Å². The second-order valence-corrected chi connectivity index (χ2v) is 5.12. The average molecular weight is 284 g/mol. The lowest BCUT2D eigenvalue weighted by Crippen LogP contribution is -1.99. The fourth-order valence-corrected chi connectivity index (χ4v) is 2.70. The summed E-state index contributed by atoms with van der Waals surface area (Å²) in [6, 6.07) is 9.95. The van der Waals surface area contributed by atoms with E-state index in [0.29, 0.717) is 19.8 Å². The van der Waals surface area contributed by atoms with Crippen LogP contribution >= 0.6 is 0 Å². The highest BCUT2D eigenvalue weighted by Gasteiger charge is 2.15. The Morgan fingerprint density at radius 3 is 2.62 bits per heavy atom. The Kier molecular flexibility index (Phi) is 2.97. The molecule has 0 aliphatic heterocycles. The number of furan rings is 4. The molecule has 0 saturated heterocycles. The summed E-state index contributed by atoms with van der Waals surface area (Å²) >= 11 is 0. The van der Waals surface area contributed by atoms with Crippen molar-refractivity contribution < 1.29 is 18.3 Å². The highest BCUT2D eigenvalue weighted by atomic mass is 16.5. The Labute approximate surface area is 121 Å². The number of hydrogen-bond donors (Lipinski definition) is 0. The average Bonchev–Trinajstić information content (AvgIpc) is 3.23. The molecule has 4 nitrogen and oxygen atoms in total. The van der Waals surface area contributed by atoms with Crippen LogP contribution in [0.3, 0.4) is 0 Å². The molecule has 0 fully saturated rings. The van der Waals surface area contributed by atoms with Gasteiger partial charge < -0.3 is 18.3 Å². The van der Waals surface area contributed by atoms with Crippen LogP contribution in [0.1, 0.15) is 18.1 Å². The molecule has 4 heteroatoms. The first kappa shape index (κ1) is 12.5. The first-order chi connectivity index (χ1) is 10.3. The lowest BCUT2D eigenvalue weighted by molar-refractivity contribution is 0.124. The van der Waals surface area contributed by atoms with Crippen molar-refractivity contribution in [1.29, 1.82) is 0 Å². The normalized spacial score (nSPS) is 12.0. The van der Waals surface area contributed by atoms with Crippen molar-refractivity contribution >= 4 is 22.3 Å². The van der Waals surface area contributed by atoms with E-state index in [1.807, 2.05) is 31.2 Å².